The average Bonchev–Trinajstić information content (AvgIpc) is 2.31. The minimum absolute atomic E-state index is 0.398. The van der Waals surface area contributed by atoms with E-state index in [1.54, 1.807) is 0 Å². The monoisotopic (exact) mass is 252 g/mol. The van der Waals surface area contributed by atoms with Gasteiger partial charge < -0.3 is 0 Å². The Morgan fingerprint density at radius 3 is 2.29 bits per heavy atom. The molecule has 0 saturated heterocycles. The Morgan fingerprint density at radius 2 is 1.64 bits per heavy atom. The molecule has 0 aromatic heterocycles. The van der Waals surface area contributed by atoms with Gasteiger partial charge in [0.25, 0.3) is 0 Å². The van der Waals surface area contributed by atoms with E-state index < -0.39 is 0 Å². The number of hydrogen-bond donors (Lipinski definition) is 0. The molecule has 14 heavy (non-hydrogen) atoms. The van der Waals surface area contributed by atoms with Crippen LogP contribution in [0.15, 0.2) is 16.6 Å². The smallest absolute Gasteiger partial charge is 0.133 e. The van der Waals surface area contributed by atoms with Crippen molar-refractivity contribution in [1.29, 1.82) is 0 Å². The summed E-state index contributed by atoms with van der Waals surface area (Å²) in [6.07, 6.45) is 3.26. The van der Waals surface area contributed by atoms with Gasteiger partial charge in [-0.15, -0.1) is 0 Å². The maximum Gasteiger partial charge on any atom is 0.133 e. The highest BCUT2D eigenvalue weighted by Gasteiger charge is 2.13. The summed E-state index contributed by atoms with van der Waals surface area (Å²) < 4.78 is 1.16. The molecule has 1 nitrogen and oxygen atoms in total. The van der Waals surface area contributed by atoms with Gasteiger partial charge >= 0.3 is 0 Å². The van der Waals surface area contributed by atoms with Crippen LogP contribution < -0.4 is 0 Å². The zero-order valence-corrected chi connectivity index (χ0v) is 9.86. The van der Waals surface area contributed by atoms with Crippen molar-refractivity contribution in [3.63, 3.8) is 0 Å². The summed E-state index contributed by atoms with van der Waals surface area (Å²) in [6.45, 7) is 2.09. The number of carbonyl (C=O) groups is 1. The molecule has 1 aliphatic rings. The Morgan fingerprint density at radius 1 is 1.07 bits per heavy atom. The van der Waals surface area contributed by atoms with Crippen LogP contribution in [0.4, 0.5) is 0 Å². The second kappa shape index (κ2) is 3.85. The largest absolute Gasteiger partial charge is 0.300 e. The Kier molecular flexibility index (Phi) is 2.73. The van der Waals surface area contributed by atoms with Crippen LogP contribution in [0.5, 0.6) is 0 Å². The van der Waals surface area contributed by atoms with E-state index in [1.165, 1.54) is 16.7 Å². The van der Waals surface area contributed by atoms with Gasteiger partial charge in [-0.3, -0.25) is 4.79 Å². The molecule has 2 rings (SSSR count). The van der Waals surface area contributed by atoms with E-state index in [0.29, 0.717) is 18.6 Å². The van der Waals surface area contributed by atoms with Crippen molar-refractivity contribution in [3.8, 4) is 0 Å². The number of hydrogen-bond acceptors (Lipinski definition) is 1. The highest BCUT2D eigenvalue weighted by atomic mass is 79.9. The van der Waals surface area contributed by atoms with Crippen molar-refractivity contribution in [3.05, 3.63) is 33.3 Å². The minimum atomic E-state index is 0.398. The van der Waals surface area contributed by atoms with Crippen LogP contribution >= 0.6 is 15.9 Å². The van der Waals surface area contributed by atoms with Crippen molar-refractivity contribution < 1.29 is 4.79 Å². The normalized spacial score (nSPS) is 16.3. The van der Waals surface area contributed by atoms with Gasteiger partial charge in [0.2, 0.25) is 0 Å². The van der Waals surface area contributed by atoms with Gasteiger partial charge in [0.05, 0.1) is 0 Å². The predicted octanol–water partition coefficient (Wildman–Crippen LogP) is 3.21. The SMILES string of the molecule is Cc1cc2c(cc1Br)CCC(=O)CC2. The molecule has 0 spiro atoms. The van der Waals surface area contributed by atoms with Crippen molar-refractivity contribution in [1.82, 2.24) is 0 Å². The highest BCUT2D eigenvalue weighted by molar-refractivity contribution is 9.10. The van der Waals surface area contributed by atoms with Crippen molar-refractivity contribution in [2.45, 2.75) is 32.6 Å². The molecule has 0 amide bonds. The summed E-state index contributed by atoms with van der Waals surface area (Å²) in [4.78, 5) is 11.3. The maximum absolute atomic E-state index is 11.3. The van der Waals surface area contributed by atoms with E-state index in [0.717, 1.165) is 17.3 Å². The molecule has 0 aliphatic heterocycles. The lowest BCUT2D eigenvalue weighted by molar-refractivity contribution is -0.118. The molecule has 0 atom stereocenters. The first-order valence-electron chi connectivity index (χ1n) is 4.96. The van der Waals surface area contributed by atoms with Crippen LogP contribution in [0.3, 0.4) is 0 Å². The third-order valence-electron chi connectivity index (χ3n) is 2.83. The number of Topliss-reactive ketones (excluding diaryl/α,β-unsaturated/α-hetero) is 1. The quantitative estimate of drug-likeness (QED) is 0.649. The van der Waals surface area contributed by atoms with Crippen LogP contribution in [-0.2, 0) is 17.6 Å². The lowest BCUT2D eigenvalue weighted by Crippen LogP contribution is -1.95. The summed E-state index contributed by atoms with van der Waals surface area (Å²) in [5.74, 6) is 0.398. The molecule has 0 bridgehead atoms. The zero-order chi connectivity index (χ0) is 10.1. The molecule has 0 heterocycles. The maximum atomic E-state index is 11.3. The van der Waals surface area contributed by atoms with Crippen LogP contribution in [0.1, 0.15) is 29.5 Å². The number of benzene rings is 1. The topological polar surface area (TPSA) is 17.1 Å². The molecule has 0 saturated carbocycles. The number of carbonyl (C=O) groups excluding carboxylic acids is 1. The first-order valence-corrected chi connectivity index (χ1v) is 5.76. The molecule has 0 unspecified atom stereocenters. The second-order valence-corrected chi connectivity index (χ2v) is 4.76. The molecule has 0 N–H and O–H groups in total. The molecule has 0 fully saturated rings. The molecule has 1 aliphatic carbocycles. The standard InChI is InChI=1S/C12H13BrO/c1-8-6-9-2-4-11(14)5-3-10(9)7-12(8)13/h6-7H,2-5H2,1H3. The highest BCUT2D eigenvalue weighted by Crippen LogP contribution is 2.25. The Labute approximate surface area is 92.6 Å². The van der Waals surface area contributed by atoms with E-state index in [-0.39, 0.29) is 0 Å². The van der Waals surface area contributed by atoms with Gasteiger partial charge in [-0.05, 0) is 42.5 Å². The number of aryl methyl sites for hydroxylation is 3. The van der Waals surface area contributed by atoms with Gasteiger partial charge in [-0.2, -0.15) is 0 Å². The van der Waals surface area contributed by atoms with E-state index in [4.69, 9.17) is 0 Å². The molecule has 0 radical (unpaired) electrons. The lowest BCUT2D eigenvalue weighted by atomic mass is 10.0. The third-order valence-corrected chi connectivity index (χ3v) is 3.68. The lowest BCUT2D eigenvalue weighted by Gasteiger charge is -2.07. The van der Waals surface area contributed by atoms with E-state index in [9.17, 15) is 4.79 Å². The van der Waals surface area contributed by atoms with E-state index in [2.05, 4.69) is 35.0 Å². The summed E-state index contributed by atoms with van der Waals surface area (Å²) in [7, 11) is 0. The van der Waals surface area contributed by atoms with Crippen LogP contribution in [0.25, 0.3) is 0 Å². The van der Waals surface area contributed by atoms with E-state index in [1.807, 2.05) is 0 Å². The molecule has 1 aromatic carbocycles. The van der Waals surface area contributed by atoms with Crippen LogP contribution in [0, 0.1) is 6.92 Å². The van der Waals surface area contributed by atoms with Crippen molar-refractivity contribution in [2.75, 3.05) is 0 Å². The van der Waals surface area contributed by atoms with Crippen LogP contribution in [-0.4, -0.2) is 5.78 Å². The van der Waals surface area contributed by atoms with Gasteiger partial charge in [0, 0.05) is 17.3 Å². The summed E-state index contributed by atoms with van der Waals surface area (Å²) >= 11 is 3.53. The number of rotatable bonds is 0. The first kappa shape index (κ1) is 9.91. The van der Waals surface area contributed by atoms with Crippen LogP contribution in [0.2, 0.25) is 0 Å². The second-order valence-electron chi connectivity index (χ2n) is 3.91. The molecule has 1 aromatic rings. The summed E-state index contributed by atoms with van der Waals surface area (Å²) in [6, 6.07) is 4.38. The Bertz CT molecular complexity index is 347. The fraction of sp³-hybridized carbons (Fsp3) is 0.417. The average molecular weight is 253 g/mol. The molecule has 74 valence electrons. The summed E-state index contributed by atoms with van der Waals surface area (Å²) in [5, 5.41) is 0. The van der Waals surface area contributed by atoms with Gasteiger partial charge in [0.1, 0.15) is 5.78 Å². The Balaban J connectivity index is 2.41. The van der Waals surface area contributed by atoms with E-state index >= 15 is 0 Å². The fourth-order valence-electron chi connectivity index (χ4n) is 1.92. The van der Waals surface area contributed by atoms with Crippen molar-refractivity contribution >= 4 is 21.7 Å². The third kappa shape index (κ3) is 1.90. The summed E-state index contributed by atoms with van der Waals surface area (Å²) in [5.41, 5.74) is 3.96. The number of ketones is 1. The van der Waals surface area contributed by atoms with Gasteiger partial charge in [-0.25, -0.2) is 0 Å². The number of halogens is 1. The van der Waals surface area contributed by atoms with Crippen molar-refractivity contribution in [2.24, 2.45) is 0 Å². The minimum Gasteiger partial charge on any atom is -0.300 e. The zero-order valence-electron chi connectivity index (χ0n) is 8.27. The fourth-order valence-corrected chi connectivity index (χ4v) is 2.31. The Hall–Kier alpha value is -0.630. The molecular formula is C12H13BrO. The van der Waals surface area contributed by atoms with Gasteiger partial charge in [-0.1, -0.05) is 22.0 Å². The predicted molar refractivity (Wildman–Crippen MR) is 60.5 cm³/mol. The molecule has 2 heteroatoms. The van der Waals surface area contributed by atoms with Gasteiger partial charge in [0.15, 0.2) is 0 Å². The molecular weight excluding hydrogens is 240 g/mol. The first-order chi connectivity index (χ1) is 6.66. The number of fused-ring (bicyclic) bond motifs is 1.